The lowest BCUT2D eigenvalue weighted by molar-refractivity contribution is -0.148. The summed E-state index contributed by atoms with van der Waals surface area (Å²) in [5.41, 5.74) is 1.82. The van der Waals surface area contributed by atoms with Gasteiger partial charge in [0.05, 0.1) is 0 Å². The maximum absolute atomic E-state index is 12.9. The highest BCUT2D eigenvalue weighted by atomic mass is 32.2. The van der Waals surface area contributed by atoms with Crippen LogP contribution in [0.4, 0.5) is 0 Å². The number of ether oxygens (including phenoxy) is 1. The minimum absolute atomic E-state index is 0.0256. The Bertz CT molecular complexity index is 1400. The van der Waals surface area contributed by atoms with Crippen LogP contribution < -0.4 is 10.1 Å². The molecule has 5 rings (SSSR count). The first-order valence-corrected chi connectivity index (χ1v) is 14.6. The van der Waals surface area contributed by atoms with E-state index in [0.29, 0.717) is 28.6 Å². The molecule has 0 radical (unpaired) electrons. The van der Waals surface area contributed by atoms with E-state index < -0.39 is 29.2 Å². The number of β-lactam (4-membered cyclic amide) rings is 1. The molecule has 2 unspecified atom stereocenters. The fourth-order valence-electron chi connectivity index (χ4n) is 4.05. The van der Waals surface area contributed by atoms with Gasteiger partial charge in [-0.05, 0) is 48.7 Å². The summed E-state index contributed by atoms with van der Waals surface area (Å²) in [7, 11) is 0. The highest BCUT2D eigenvalue weighted by molar-refractivity contribution is 8.01. The Morgan fingerprint density at radius 1 is 1.24 bits per heavy atom. The van der Waals surface area contributed by atoms with Crippen LogP contribution in [0.2, 0.25) is 0 Å². The Hall–Kier alpha value is -3.29. The number of aryl methyl sites for hydroxylation is 2. The van der Waals surface area contributed by atoms with Crippen LogP contribution in [-0.2, 0) is 22.6 Å². The number of benzene rings is 1. The molecule has 1 aromatic carbocycles. The summed E-state index contributed by atoms with van der Waals surface area (Å²) in [5.74, 6) is -0.160. The van der Waals surface area contributed by atoms with E-state index in [-0.39, 0.29) is 18.1 Å². The van der Waals surface area contributed by atoms with Gasteiger partial charge >= 0.3 is 5.97 Å². The number of rotatable bonds is 10. The number of carboxylic acid groups (broad SMARTS) is 1. The molecular formula is C25H24N4O6S3. The van der Waals surface area contributed by atoms with Crippen LogP contribution in [0.5, 0.6) is 5.75 Å². The Morgan fingerprint density at radius 3 is 2.71 bits per heavy atom. The number of fused-ring (bicyclic) bond motifs is 1. The molecule has 2 aliphatic rings. The predicted molar refractivity (Wildman–Crippen MR) is 143 cm³/mol. The van der Waals surface area contributed by atoms with Crippen LogP contribution >= 0.6 is 34.9 Å². The predicted octanol–water partition coefficient (Wildman–Crippen LogP) is 3.73. The van der Waals surface area contributed by atoms with Crippen molar-refractivity contribution in [2.75, 3.05) is 11.5 Å². The number of hydrogen-bond acceptors (Lipinski definition) is 10. The molecular weight excluding hydrogens is 548 g/mol. The monoisotopic (exact) mass is 572 g/mol. The molecule has 3 aromatic rings. The molecule has 38 heavy (non-hydrogen) atoms. The van der Waals surface area contributed by atoms with E-state index in [1.807, 2.05) is 31.2 Å². The lowest BCUT2D eigenvalue weighted by Crippen LogP contribution is -2.70. The molecule has 1 fully saturated rings. The summed E-state index contributed by atoms with van der Waals surface area (Å²) in [5, 5.41) is 20.9. The van der Waals surface area contributed by atoms with Crippen molar-refractivity contribution in [3.05, 3.63) is 69.8 Å². The summed E-state index contributed by atoms with van der Waals surface area (Å²) in [6.45, 7) is 4.08. The largest absolute Gasteiger partial charge is 0.486 e. The summed E-state index contributed by atoms with van der Waals surface area (Å²) in [6, 6.07) is 10.1. The van der Waals surface area contributed by atoms with Crippen molar-refractivity contribution in [1.82, 2.24) is 20.4 Å². The van der Waals surface area contributed by atoms with E-state index in [2.05, 4.69) is 22.4 Å². The zero-order chi connectivity index (χ0) is 26.8. The molecule has 2 atom stereocenters. The standard InChI is InChI=1S/C25H24N4O6S3/c1-3-14-4-6-16(7-5-14)34-10-17-8-9-18(35-17)21(30)26-19-22(31)29-20(24(32)33)15(11-36-23(19)29)12-37-25-28-27-13(2)38-25/h4-9,19,23H,3,10-12H2,1-2H3,(H,26,30)(H,32,33). The number of nitrogens with one attached hydrogen (secondary N) is 1. The number of furan rings is 1. The van der Waals surface area contributed by atoms with Gasteiger partial charge in [-0.15, -0.1) is 22.0 Å². The number of amides is 2. The van der Waals surface area contributed by atoms with E-state index in [1.54, 1.807) is 6.07 Å². The van der Waals surface area contributed by atoms with Crippen LogP contribution in [-0.4, -0.2) is 60.9 Å². The maximum atomic E-state index is 12.9. The van der Waals surface area contributed by atoms with Crippen molar-refractivity contribution >= 4 is 52.6 Å². The van der Waals surface area contributed by atoms with Crippen molar-refractivity contribution in [2.45, 2.75) is 42.6 Å². The van der Waals surface area contributed by atoms with Gasteiger partial charge in [0.25, 0.3) is 11.8 Å². The number of carbonyl (C=O) groups excluding carboxylic acids is 2. The Balaban J connectivity index is 1.19. The lowest BCUT2D eigenvalue weighted by Gasteiger charge is -2.49. The highest BCUT2D eigenvalue weighted by Crippen LogP contribution is 2.42. The third-order valence-corrected chi connectivity index (χ3v) is 9.41. The number of aromatic nitrogens is 2. The van der Waals surface area contributed by atoms with Crippen LogP contribution in [0.3, 0.4) is 0 Å². The van der Waals surface area contributed by atoms with Gasteiger partial charge in [0.1, 0.15) is 40.2 Å². The van der Waals surface area contributed by atoms with Gasteiger partial charge < -0.3 is 19.6 Å². The van der Waals surface area contributed by atoms with Crippen molar-refractivity contribution in [2.24, 2.45) is 0 Å². The first-order valence-electron chi connectivity index (χ1n) is 11.8. The number of carbonyl (C=O) groups is 3. The number of carboxylic acids is 1. The van der Waals surface area contributed by atoms with Crippen LogP contribution in [0.1, 0.15) is 33.8 Å². The summed E-state index contributed by atoms with van der Waals surface area (Å²) in [4.78, 5) is 39.0. The smallest absolute Gasteiger partial charge is 0.352 e. The molecule has 2 aromatic heterocycles. The average molecular weight is 573 g/mol. The van der Waals surface area contributed by atoms with E-state index in [4.69, 9.17) is 9.15 Å². The second kappa shape index (κ2) is 11.2. The fourth-order valence-corrected chi connectivity index (χ4v) is 7.35. The average Bonchev–Trinajstić information content (AvgIpc) is 3.57. The number of thioether (sulfide) groups is 2. The third kappa shape index (κ3) is 5.45. The zero-order valence-corrected chi connectivity index (χ0v) is 23.0. The van der Waals surface area contributed by atoms with Crippen LogP contribution in [0.15, 0.2) is 56.4 Å². The van der Waals surface area contributed by atoms with Crippen molar-refractivity contribution in [3.63, 3.8) is 0 Å². The first kappa shape index (κ1) is 26.3. The van der Waals surface area contributed by atoms with Crippen molar-refractivity contribution in [3.8, 4) is 5.75 Å². The Labute approximate surface area is 230 Å². The van der Waals surface area contributed by atoms with Crippen LogP contribution in [0.25, 0.3) is 0 Å². The molecule has 4 heterocycles. The van der Waals surface area contributed by atoms with Gasteiger partial charge in [0.2, 0.25) is 0 Å². The van der Waals surface area contributed by atoms with E-state index in [0.717, 1.165) is 15.8 Å². The molecule has 1 saturated heterocycles. The topological polar surface area (TPSA) is 135 Å². The summed E-state index contributed by atoms with van der Waals surface area (Å²) >= 11 is 4.24. The number of aliphatic carboxylic acids is 1. The second-order valence-electron chi connectivity index (χ2n) is 8.55. The molecule has 0 saturated carbocycles. The van der Waals surface area contributed by atoms with E-state index in [9.17, 15) is 19.5 Å². The molecule has 0 bridgehead atoms. The molecule has 2 amide bonds. The molecule has 10 nitrogen and oxygen atoms in total. The quantitative estimate of drug-likeness (QED) is 0.273. The Morgan fingerprint density at radius 2 is 2.03 bits per heavy atom. The van der Waals surface area contributed by atoms with Gasteiger partial charge in [0.15, 0.2) is 10.1 Å². The molecule has 0 aliphatic carbocycles. The third-order valence-electron chi connectivity index (χ3n) is 6.01. The second-order valence-corrected chi connectivity index (χ2v) is 12.1. The maximum Gasteiger partial charge on any atom is 0.352 e. The SMILES string of the molecule is CCc1ccc(OCc2ccc(C(=O)NC3C(=O)N4C(C(=O)O)=C(CSc5nnc(C)s5)CSC34)o2)cc1. The van der Waals surface area contributed by atoms with Gasteiger partial charge in [-0.2, -0.15) is 0 Å². The zero-order valence-electron chi connectivity index (χ0n) is 20.5. The minimum atomic E-state index is -1.17. The molecule has 13 heteroatoms. The van der Waals surface area contributed by atoms with Gasteiger partial charge in [-0.1, -0.05) is 42.2 Å². The van der Waals surface area contributed by atoms with Crippen LogP contribution in [0, 0.1) is 6.92 Å². The minimum Gasteiger partial charge on any atom is -0.486 e. The number of nitrogens with zero attached hydrogens (tertiary/aromatic N) is 3. The van der Waals surface area contributed by atoms with E-state index >= 15 is 0 Å². The van der Waals surface area contributed by atoms with Gasteiger partial charge in [-0.25, -0.2) is 4.79 Å². The fraction of sp³-hybridized carbons (Fsp3) is 0.320. The van der Waals surface area contributed by atoms with Gasteiger partial charge in [0, 0.05) is 11.5 Å². The number of hydrogen-bond donors (Lipinski definition) is 2. The van der Waals surface area contributed by atoms with Gasteiger partial charge in [-0.3, -0.25) is 14.5 Å². The van der Waals surface area contributed by atoms with Crippen molar-refractivity contribution in [1.29, 1.82) is 0 Å². The summed E-state index contributed by atoms with van der Waals surface area (Å²) in [6.07, 6.45) is 0.941. The normalized spacial score (nSPS) is 18.7. The lowest BCUT2D eigenvalue weighted by atomic mass is 10.0. The first-order chi connectivity index (χ1) is 18.3. The summed E-state index contributed by atoms with van der Waals surface area (Å²) < 4.78 is 12.1. The van der Waals surface area contributed by atoms with E-state index in [1.165, 1.54) is 51.4 Å². The molecule has 2 N–H and O–H groups in total. The highest BCUT2D eigenvalue weighted by Gasteiger charge is 2.54. The Kier molecular flexibility index (Phi) is 7.77. The molecule has 0 spiro atoms. The van der Waals surface area contributed by atoms with Crippen molar-refractivity contribution < 1.29 is 28.6 Å². The molecule has 2 aliphatic heterocycles. The molecule has 198 valence electrons.